The Bertz CT molecular complexity index is 879. The summed E-state index contributed by atoms with van der Waals surface area (Å²) in [5.41, 5.74) is 1.74. The summed E-state index contributed by atoms with van der Waals surface area (Å²) in [6, 6.07) is 14.8. The molecular formula is C23H25FN2O3. The molecular weight excluding hydrogens is 371 g/mol. The van der Waals surface area contributed by atoms with Gasteiger partial charge in [-0.1, -0.05) is 43.7 Å². The lowest BCUT2D eigenvalue weighted by Gasteiger charge is -2.15. The number of carbonyl (C=O) groups is 2. The Balaban J connectivity index is 1.78. The number of ether oxygens (including phenoxy) is 1. The average Bonchev–Trinajstić information content (AvgIpc) is 2.97. The molecule has 6 heteroatoms. The zero-order valence-corrected chi connectivity index (χ0v) is 16.5. The van der Waals surface area contributed by atoms with Gasteiger partial charge in [-0.3, -0.25) is 14.5 Å². The number of nitrogens with one attached hydrogen (secondary N) is 1. The Morgan fingerprint density at radius 2 is 1.62 bits per heavy atom. The largest absolute Gasteiger partial charge is 0.381 e. The summed E-state index contributed by atoms with van der Waals surface area (Å²) in [6.07, 6.45) is 2.63. The zero-order chi connectivity index (χ0) is 20.6. The average molecular weight is 396 g/mol. The molecule has 1 N–H and O–H groups in total. The second-order valence-corrected chi connectivity index (χ2v) is 6.83. The first-order valence-electron chi connectivity index (χ1n) is 9.88. The Morgan fingerprint density at radius 3 is 2.31 bits per heavy atom. The highest BCUT2D eigenvalue weighted by atomic mass is 19.1. The minimum absolute atomic E-state index is 0.208. The predicted molar refractivity (Wildman–Crippen MR) is 110 cm³/mol. The van der Waals surface area contributed by atoms with Crippen LogP contribution < -0.4 is 5.32 Å². The van der Waals surface area contributed by atoms with E-state index in [4.69, 9.17) is 4.74 Å². The molecule has 1 heterocycles. The number of hydrogen-bond donors (Lipinski definition) is 1. The van der Waals surface area contributed by atoms with Crippen LogP contribution in [0.3, 0.4) is 0 Å². The SMILES string of the molecule is CCCCOCCCN1C(=O)C(Nc2ccc(F)cc2)=C(c2ccccc2)C1=O. The van der Waals surface area contributed by atoms with Crippen LogP contribution in [0.25, 0.3) is 5.57 Å². The van der Waals surface area contributed by atoms with E-state index in [9.17, 15) is 14.0 Å². The lowest BCUT2D eigenvalue weighted by Crippen LogP contribution is -2.34. The molecule has 0 spiro atoms. The fourth-order valence-electron chi connectivity index (χ4n) is 3.12. The summed E-state index contributed by atoms with van der Waals surface area (Å²) in [6.45, 7) is 3.56. The van der Waals surface area contributed by atoms with Gasteiger partial charge in [-0.15, -0.1) is 0 Å². The Kier molecular flexibility index (Phi) is 7.14. The number of imide groups is 1. The van der Waals surface area contributed by atoms with Gasteiger partial charge in [-0.2, -0.15) is 0 Å². The molecule has 152 valence electrons. The molecule has 0 aromatic heterocycles. The van der Waals surface area contributed by atoms with Gasteiger partial charge in [0.25, 0.3) is 11.8 Å². The Labute approximate surface area is 170 Å². The van der Waals surface area contributed by atoms with E-state index < -0.39 is 0 Å². The molecule has 0 aliphatic carbocycles. The Morgan fingerprint density at radius 1 is 0.931 bits per heavy atom. The lowest BCUT2D eigenvalue weighted by molar-refractivity contribution is -0.137. The maximum Gasteiger partial charge on any atom is 0.278 e. The summed E-state index contributed by atoms with van der Waals surface area (Å²) in [5, 5.41) is 3.01. The summed E-state index contributed by atoms with van der Waals surface area (Å²) < 4.78 is 18.7. The van der Waals surface area contributed by atoms with Gasteiger partial charge in [0, 0.05) is 25.4 Å². The Hall–Kier alpha value is -2.99. The van der Waals surface area contributed by atoms with Crippen LogP contribution >= 0.6 is 0 Å². The van der Waals surface area contributed by atoms with Gasteiger partial charge >= 0.3 is 0 Å². The van der Waals surface area contributed by atoms with Gasteiger partial charge in [0.1, 0.15) is 11.5 Å². The maximum atomic E-state index is 13.2. The van der Waals surface area contributed by atoms with E-state index in [-0.39, 0.29) is 29.9 Å². The highest BCUT2D eigenvalue weighted by Crippen LogP contribution is 2.30. The molecule has 29 heavy (non-hydrogen) atoms. The highest BCUT2D eigenvalue weighted by molar-refractivity contribution is 6.36. The normalized spacial score (nSPS) is 14.1. The molecule has 2 aromatic rings. The number of halogens is 1. The number of benzene rings is 2. The molecule has 0 atom stereocenters. The highest BCUT2D eigenvalue weighted by Gasteiger charge is 2.38. The predicted octanol–water partition coefficient (Wildman–Crippen LogP) is 4.22. The summed E-state index contributed by atoms with van der Waals surface area (Å²) in [7, 11) is 0. The third kappa shape index (κ3) is 5.09. The number of nitrogens with zero attached hydrogens (tertiary/aromatic N) is 1. The second-order valence-electron chi connectivity index (χ2n) is 6.83. The van der Waals surface area contributed by atoms with Crippen molar-refractivity contribution in [2.24, 2.45) is 0 Å². The van der Waals surface area contributed by atoms with Crippen molar-refractivity contribution >= 4 is 23.1 Å². The maximum absolute atomic E-state index is 13.2. The smallest absolute Gasteiger partial charge is 0.278 e. The molecule has 1 aliphatic rings. The molecule has 5 nitrogen and oxygen atoms in total. The molecule has 2 amide bonds. The molecule has 3 rings (SSSR count). The van der Waals surface area contributed by atoms with Crippen LogP contribution in [-0.4, -0.2) is 36.5 Å². The van der Waals surface area contributed by atoms with Gasteiger partial charge in [0.05, 0.1) is 5.57 Å². The van der Waals surface area contributed by atoms with Gasteiger partial charge in [-0.05, 0) is 42.7 Å². The molecule has 0 saturated carbocycles. The number of hydrogen-bond acceptors (Lipinski definition) is 4. The topological polar surface area (TPSA) is 58.6 Å². The van der Waals surface area contributed by atoms with Crippen molar-refractivity contribution in [3.05, 3.63) is 71.7 Å². The minimum Gasteiger partial charge on any atom is -0.381 e. The van der Waals surface area contributed by atoms with Gasteiger partial charge in [0.2, 0.25) is 0 Å². The standard InChI is InChI=1S/C23H25FN2O3/c1-2-3-15-29-16-7-14-26-22(27)20(17-8-5-4-6-9-17)21(23(26)28)25-19-12-10-18(24)11-13-19/h4-6,8-13,25H,2-3,7,14-16H2,1H3. The summed E-state index contributed by atoms with van der Waals surface area (Å²) in [4.78, 5) is 27.3. The fraction of sp³-hybridized carbons (Fsp3) is 0.304. The number of rotatable bonds is 10. The van der Waals surface area contributed by atoms with Crippen LogP contribution in [0.2, 0.25) is 0 Å². The van der Waals surface area contributed by atoms with Crippen molar-refractivity contribution in [2.45, 2.75) is 26.2 Å². The van der Waals surface area contributed by atoms with E-state index in [0.29, 0.717) is 36.5 Å². The summed E-state index contributed by atoms with van der Waals surface area (Å²) in [5.74, 6) is -1.09. The van der Waals surface area contributed by atoms with Crippen LogP contribution in [-0.2, 0) is 14.3 Å². The first-order valence-corrected chi connectivity index (χ1v) is 9.88. The summed E-state index contributed by atoms with van der Waals surface area (Å²) >= 11 is 0. The van der Waals surface area contributed by atoms with Crippen molar-refractivity contribution in [1.29, 1.82) is 0 Å². The van der Waals surface area contributed by atoms with E-state index >= 15 is 0 Å². The quantitative estimate of drug-likeness (QED) is 0.482. The van der Waals surface area contributed by atoms with Crippen LogP contribution in [0.5, 0.6) is 0 Å². The first-order chi connectivity index (χ1) is 14.1. The lowest BCUT2D eigenvalue weighted by atomic mass is 10.0. The molecule has 0 fully saturated rings. The van der Waals surface area contributed by atoms with E-state index in [1.807, 2.05) is 18.2 Å². The second kappa shape index (κ2) is 9.98. The number of amides is 2. The molecule has 2 aromatic carbocycles. The minimum atomic E-state index is -0.383. The van der Waals surface area contributed by atoms with Crippen molar-refractivity contribution in [1.82, 2.24) is 4.90 Å². The van der Waals surface area contributed by atoms with Gasteiger partial charge in [0.15, 0.2) is 0 Å². The van der Waals surface area contributed by atoms with Crippen LogP contribution in [0.15, 0.2) is 60.3 Å². The van der Waals surface area contributed by atoms with E-state index in [2.05, 4.69) is 12.2 Å². The number of anilines is 1. The van der Waals surface area contributed by atoms with E-state index in [0.717, 1.165) is 12.8 Å². The van der Waals surface area contributed by atoms with Crippen LogP contribution in [0, 0.1) is 5.82 Å². The molecule has 0 unspecified atom stereocenters. The fourth-order valence-corrected chi connectivity index (χ4v) is 3.12. The number of unbranched alkanes of at least 4 members (excludes halogenated alkanes) is 1. The molecule has 0 radical (unpaired) electrons. The third-order valence-corrected chi connectivity index (χ3v) is 4.66. The monoisotopic (exact) mass is 396 g/mol. The van der Waals surface area contributed by atoms with Crippen molar-refractivity contribution in [3.8, 4) is 0 Å². The number of carbonyl (C=O) groups excluding carboxylic acids is 2. The first kappa shape index (κ1) is 20.7. The van der Waals surface area contributed by atoms with Crippen molar-refractivity contribution in [2.75, 3.05) is 25.1 Å². The van der Waals surface area contributed by atoms with E-state index in [1.165, 1.54) is 29.2 Å². The van der Waals surface area contributed by atoms with Gasteiger partial charge < -0.3 is 10.1 Å². The molecule has 0 bridgehead atoms. The van der Waals surface area contributed by atoms with Crippen LogP contribution in [0.4, 0.5) is 10.1 Å². The van der Waals surface area contributed by atoms with Crippen LogP contribution in [0.1, 0.15) is 31.7 Å². The van der Waals surface area contributed by atoms with Crippen molar-refractivity contribution in [3.63, 3.8) is 0 Å². The zero-order valence-electron chi connectivity index (χ0n) is 16.5. The molecule has 1 aliphatic heterocycles. The van der Waals surface area contributed by atoms with Crippen molar-refractivity contribution < 1.29 is 18.7 Å². The van der Waals surface area contributed by atoms with E-state index in [1.54, 1.807) is 12.1 Å². The van der Waals surface area contributed by atoms with Gasteiger partial charge in [-0.25, -0.2) is 4.39 Å². The molecule has 0 saturated heterocycles. The third-order valence-electron chi connectivity index (χ3n) is 4.66.